The van der Waals surface area contributed by atoms with Crippen LogP contribution in [0.4, 0.5) is 13.2 Å². The van der Waals surface area contributed by atoms with E-state index in [1.54, 1.807) is 30.3 Å². The van der Waals surface area contributed by atoms with Gasteiger partial charge in [0.25, 0.3) is 0 Å². The van der Waals surface area contributed by atoms with Gasteiger partial charge < -0.3 is 0 Å². The molecule has 0 unspecified atom stereocenters. The van der Waals surface area contributed by atoms with Gasteiger partial charge in [0.2, 0.25) is 0 Å². The van der Waals surface area contributed by atoms with Gasteiger partial charge in [-0.2, -0.15) is 0 Å². The minimum Gasteiger partial charge on any atom is -0.298 e. The van der Waals surface area contributed by atoms with Crippen LogP contribution >= 0.6 is 11.3 Å². The van der Waals surface area contributed by atoms with E-state index in [4.69, 9.17) is 0 Å². The van der Waals surface area contributed by atoms with Crippen molar-refractivity contribution in [1.29, 1.82) is 0 Å². The maximum Gasteiger partial charge on any atom is 0.153 e. The van der Waals surface area contributed by atoms with Crippen LogP contribution < -0.4 is 0 Å². The number of piperazine rings is 1. The molecule has 35 heavy (non-hydrogen) atoms. The van der Waals surface area contributed by atoms with Gasteiger partial charge in [0.05, 0.1) is 29.2 Å². The summed E-state index contributed by atoms with van der Waals surface area (Å²) in [6.07, 6.45) is 0.231. The molecule has 1 saturated heterocycles. The molecule has 1 fully saturated rings. The number of thiazole rings is 1. The summed E-state index contributed by atoms with van der Waals surface area (Å²) >= 11 is 1.35. The first-order valence-corrected chi connectivity index (χ1v) is 12.3. The van der Waals surface area contributed by atoms with Crippen LogP contribution in [0, 0.1) is 17.5 Å². The van der Waals surface area contributed by atoms with Crippen LogP contribution in [0.25, 0.3) is 10.2 Å². The summed E-state index contributed by atoms with van der Waals surface area (Å²) < 4.78 is 41.2. The van der Waals surface area contributed by atoms with Gasteiger partial charge in [-0.05, 0) is 53.6 Å². The smallest absolute Gasteiger partial charge is 0.153 e. The number of halogens is 3. The fraction of sp³-hybridized carbons (Fsp3) is 0.259. The van der Waals surface area contributed by atoms with Gasteiger partial charge in [0.1, 0.15) is 22.5 Å². The third kappa shape index (κ3) is 5.61. The standard InChI is InChI=1S/C27H24F3N3OS/c28-20-5-1-18(2-6-20)27(19-3-7-21(29)8-4-19)33-13-11-32(12-14-33)17-23(34)16-26-31-24-10-9-22(30)15-25(24)35-26/h1-10,15,27H,11-14,16-17H2. The third-order valence-electron chi connectivity index (χ3n) is 6.29. The van der Waals surface area contributed by atoms with E-state index < -0.39 is 0 Å². The summed E-state index contributed by atoms with van der Waals surface area (Å²) in [4.78, 5) is 21.6. The maximum atomic E-state index is 13.5. The Morgan fingerprint density at radius 1 is 0.829 bits per heavy atom. The predicted octanol–water partition coefficient (Wildman–Crippen LogP) is 5.23. The summed E-state index contributed by atoms with van der Waals surface area (Å²) in [7, 11) is 0. The first-order chi connectivity index (χ1) is 16.9. The second-order valence-electron chi connectivity index (χ2n) is 8.75. The monoisotopic (exact) mass is 495 g/mol. The molecule has 4 nitrogen and oxygen atoms in total. The summed E-state index contributed by atoms with van der Waals surface area (Å²) in [6.45, 7) is 3.17. The fourth-order valence-corrected chi connectivity index (χ4v) is 5.60. The van der Waals surface area contributed by atoms with E-state index in [1.165, 1.54) is 47.7 Å². The van der Waals surface area contributed by atoms with Crippen molar-refractivity contribution >= 4 is 27.3 Å². The normalized spacial score (nSPS) is 15.2. The number of hydrogen-bond acceptors (Lipinski definition) is 5. The van der Waals surface area contributed by atoms with Crippen molar-refractivity contribution in [2.24, 2.45) is 0 Å². The largest absolute Gasteiger partial charge is 0.298 e. The molecule has 0 N–H and O–H groups in total. The highest BCUT2D eigenvalue weighted by molar-refractivity contribution is 7.18. The van der Waals surface area contributed by atoms with Crippen LogP contribution in [-0.4, -0.2) is 53.3 Å². The maximum absolute atomic E-state index is 13.5. The molecule has 8 heteroatoms. The van der Waals surface area contributed by atoms with E-state index in [2.05, 4.69) is 14.8 Å². The van der Waals surface area contributed by atoms with Gasteiger partial charge in [-0.15, -0.1) is 11.3 Å². The van der Waals surface area contributed by atoms with Crippen LogP contribution in [0.1, 0.15) is 22.2 Å². The molecular formula is C27H24F3N3OS. The Hall–Kier alpha value is -3.07. The highest BCUT2D eigenvalue weighted by atomic mass is 32.1. The van der Waals surface area contributed by atoms with Gasteiger partial charge in [0, 0.05) is 26.2 Å². The number of carbonyl (C=O) groups excluding carboxylic acids is 1. The highest BCUT2D eigenvalue weighted by Crippen LogP contribution is 2.30. The average Bonchev–Trinajstić information content (AvgIpc) is 3.24. The van der Waals surface area contributed by atoms with Gasteiger partial charge in [-0.1, -0.05) is 24.3 Å². The molecule has 4 aromatic rings. The Morgan fingerprint density at radius 2 is 1.40 bits per heavy atom. The summed E-state index contributed by atoms with van der Waals surface area (Å²) in [5, 5.41) is 0.696. The molecule has 0 bridgehead atoms. The van der Waals surface area contributed by atoms with Gasteiger partial charge >= 0.3 is 0 Å². The van der Waals surface area contributed by atoms with Crippen molar-refractivity contribution < 1.29 is 18.0 Å². The minimum atomic E-state index is -0.309. The van der Waals surface area contributed by atoms with Crippen LogP contribution in [0.3, 0.4) is 0 Å². The molecule has 180 valence electrons. The van der Waals surface area contributed by atoms with Crippen molar-refractivity contribution in [2.75, 3.05) is 32.7 Å². The summed E-state index contributed by atoms with van der Waals surface area (Å²) in [5.41, 5.74) is 2.59. The predicted molar refractivity (Wildman–Crippen MR) is 131 cm³/mol. The first-order valence-electron chi connectivity index (χ1n) is 11.5. The number of aromatic nitrogens is 1. The number of fused-ring (bicyclic) bond motifs is 1. The summed E-state index contributed by atoms with van der Waals surface area (Å²) in [6, 6.07) is 17.2. The van der Waals surface area contributed by atoms with E-state index in [9.17, 15) is 18.0 Å². The molecular weight excluding hydrogens is 471 g/mol. The zero-order chi connectivity index (χ0) is 24.4. The van der Waals surface area contributed by atoms with Crippen molar-refractivity contribution in [3.8, 4) is 0 Å². The van der Waals surface area contributed by atoms with Gasteiger partial charge in [0.15, 0.2) is 5.78 Å². The van der Waals surface area contributed by atoms with Crippen molar-refractivity contribution in [3.05, 3.63) is 100 Å². The lowest BCUT2D eigenvalue weighted by molar-refractivity contribution is -0.120. The Morgan fingerprint density at radius 3 is 2.00 bits per heavy atom. The molecule has 5 rings (SSSR count). The van der Waals surface area contributed by atoms with Gasteiger partial charge in [-0.3, -0.25) is 14.6 Å². The van der Waals surface area contributed by atoms with E-state index in [0.717, 1.165) is 15.8 Å². The molecule has 1 aliphatic heterocycles. The lowest BCUT2D eigenvalue weighted by Gasteiger charge is -2.39. The number of carbonyl (C=O) groups is 1. The molecule has 2 heterocycles. The van der Waals surface area contributed by atoms with E-state index >= 15 is 0 Å². The van der Waals surface area contributed by atoms with Crippen LogP contribution in [0.15, 0.2) is 66.7 Å². The van der Waals surface area contributed by atoms with E-state index in [-0.39, 0.29) is 35.7 Å². The van der Waals surface area contributed by atoms with Gasteiger partial charge in [-0.25, -0.2) is 18.2 Å². The zero-order valence-corrected chi connectivity index (χ0v) is 19.8. The van der Waals surface area contributed by atoms with Crippen molar-refractivity contribution in [3.63, 3.8) is 0 Å². The first kappa shape index (κ1) is 23.7. The highest BCUT2D eigenvalue weighted by Gasteiger charge is 2.27. The average molecular weight is 496 g/mol. The Bertz CT molecular complexity index is 1270. The van der Waals surface area contributed by atoms with Crippen molar-refractivity contribution in [2.45, 2.75) is 12.5 Å². The van der Waals surface area contributed by atoms with E-state index in [0.29, 0.717) is 43.2 Å². The Balaban J connectivity index is 1.23. The third-order valence-corrected chi connectivity index (χ3v) is 7.30. The lowest BCUT2D eigenvalue weighted by Crippen LogP contribution is -2.49. The van der Waals surface area contributed by atoms with E-state index in [1.807, 2.05) is 0 Å². The SMILES string of the molecule is O=C(Cc1nc2ccc(F)cc2s1)CN1CCN(C(c2ccc(F)cc2)c2ccc(F)cc2)CC1. The molecule has 0 amide bonds. The van der Waals surface area contributed by atoms with Crippen LogP contribution in [-0.2, 0) is 11.2 Å². The molecule has 0 aliphatic carbocycles. The minimum absolute atomic E-state index is 0.0756. The molecule has 0 saturated carbocycles. The van der Waals surface area contributed by atoms with Crippen LogP contribution in [0.5, 0.6) is 0 Å². The molecule has 1 aliphatic rings. The molecule has 3 aromatic carbocycles. The molecule has 1 aromatic heterocycles. The number of benzene rings is 3. The lowest BCUT2D eigenvalue weighted by atomic mass is 9.96. The zero-order valence-electron chi connectivity index (χ0n) is 19.0. The summed E-state index contributed by atoms with van der Waals surface area (Å²) in [5.74, 6) is -0.829. The molecule has 0 radical (unpaired) electrons. The van der Waals surface area contributed by atoms with Crippen molar-refractivity contribution in [1.82, 2.24) is 14.8 Å². The second kappa shape index (κ2) is 10.3. The molecule has 0 atom stereocenters. The number of ketones is 1. The number of hydrogen-bond donors (Lipinski definition) is 0. The fourth-order valence-electron chi connectivity index (χ4n) is 4.58. The second-order valence-corrected chi connectivity index (χ2v) is 9.87. The number of nitrogens with zero attached hydrogens (tertiary/aromatic N) is 3. The van der Waals surface area contributed by atoms with Crippen LogP contribution in [0.2, 0.25) is 0 Å². The Labute approximate surface area is 205 Å². The topological polar surface area (TPSA) is 36.4 Å². The molecule has 0 spiro atoms. The quantitative estimate of drug-likeness (QED) is 0.352. The number of Topliss-reactive ketones (excluding diaryl/α,β-unsaturated/α-hetero) is 1. The number of rotatable bonds is 7. The Kier molecular flexibility index (Phi) is 6.95.